The minimum Gasteiger partial charge on any atom is -0.493 e. The third kappa shape index (κ3) is 5.07. The third-order valence-electron chi connectivity index (χ3n) is 5.54. The summed E-state index contributed by atoms with van der Waals surface area (Å²) in [6.07, 6.45) is 1.79. The van der Waals surface area contributed by atoms with Gasteiger partial charge in [-0.3, -0.25) is 9.36 Å². The van der Waals surface area contributed by atoms with E-state index in [4.69, 9.17) is 14.2 Å². The molecule has 1 aliphatic heterocycles. The van der Waals surface area contributed by atoms with Crippen molar-refractivity contribution in [2.45, 2.75) is 26.8 Å². The molecule has 0 bridgehead atoms. The molecule has 0 saturated carbocycles. The Bertz CT molecular complexity index is 1520. The molecule has 0 spiro atoms. The number of benzene rings is 2. The fourth-order valence-electron chi connectivity index (χ4n) is 4.01. The summed E-state index contributed by atoms with van der Waals surface area (Å²) < 4.78 is 20.2. The highest BCUT2D eigenvalue weighted by atomic mass is 79.9. The maximum absolute atomic E-state index is 13.7. The number of ether oxygens (including phenoxy) is 3. The Balaban J connectivity index is 1.92. The molecule has 2 aromatic carbocycles. The van der Waals surface area contributed by atoms with E-state index in [1.165, 1.54) is 11.3 Å². The molecule has 0 radical (unpaired) electrons. The number of aromatic nitrogens is 1. The number of thiazole rings is 1. The molecule has 0 unspecified atom stereocenters. The Kier molecular flexibility index (Phi) is 8.17. The minimum atomic E-state index is -0.655. The summed E-state index contributed by atoms with van der Waals surface area (Å²) in [4.78, 5) is 31.8. The van der Waals surface area contributed by atoms with Gasteiger partial charge in [0.2, 0.25) is 0 Å². The lowest BCUT2D eigenvalue weighted by Crippen LogP contribution is -2.39. The van der Waals surface area contributed by atoms with Gasteiger partial charge in [0.05, 0.1) is 46.6 Å². The molecule has 10 heteroatoms. The molecule has 3 aromatic rings. The van der Waals surface area contributed by atoms with Gasteiger partial charge in [0.25, 0.3) is 5.56 Å². The molecular formula is C26H24Br2N2O5S. The summed E-state index contributed by atoms with van der Waals surface area (Å²) in [6, 6.07) is 10.6. The van der Waals surface area contributed by atoms with E-state index in [-0.39, 0.29) is 12.2 Å². The fraction of sp³-hybridized carbons (Fsp3) is 0.269. The second-order valence-corrected chi connectivity index (χ2v) is 10.6. The molecule has 188 valence electrons. The lowest BCUT2D eigenvalue weighted by atomic mass is 9.96. The van der Waals surface area contributed by atoms with E-state index in [1.807, 2.05) is 43.3 Å². The van der Waals surface area contributed by atoms with Crippen LogP contribution in [0.5, 0.6) is 11.5 Å². The monoisotopic (exact) mass is 634 g/mol. The van der Waals surface area contributed by atoms with E-state index in [9.17, 15) is 9.59 Å². The van der Waals surface area contributed by atoms with Crippen LogP contribution in [0.2, 0.25) is 0 Å². The molecular weight excluding hydrogens is 612 g/mol. The summed E-state index contributed by atoms with van der Waals surface area (Å²) >= 11 is 8.26. The van der Waals surface area contributed by atoms with Gasteiger partial charge in [-0.2, -0.15) is 0 Å². The first kappa shape index (κ1) is 26.4. The van der Waals surface area contributed by atoms with E-state index in [0.29, 0.717) is 38.7 Å². The molecule has 7 nitrogen and oxygen atoms in total. The Morgan fingerprint density at radius 3 is 2.53 bits per heavy atom. The van der Waals surface area contributed by atoms with E-state index >= 15 is 0 Å². The lowest BCUT2D eigenvalue weighted by Gasteiger charge is -2.24. The van der Waals surface area contributed by atoms with Crippen molar-refractivity contribution in [3.8, 4) is 11.5 Å². The Morgan fingerprint density at radius 1 is 1.17 bits per heavy atom. The van der Waals surface area contributed by atoms with Crippen molar-refractivity contribution in [1.82, 2.24) is 4.57 Å². The summed E-state index contributed by atoms with van der Waals surface area (Å²) in [5.74, 6) is 0.670. The summed E-state index contributed by atoms with van der Waals surface area (Å²) in [5, 5.41) is 0. The Hall–Kier alpha value is -2.69. The van der Waals surface area contributed by atoms with E-state index < -0.39 is 12.0 Å². The molecule has 0 aliphatic carbocycles. The average molecular weight is 636 g/mol. The van der Waals surface area contributed by atoms with Crippen molar-refractivity contribution in [2.75, 3.05) is 20.3 Å². The lowest BCUT2D eigenvalue weighted by molar-refractivity contribution is -0.139. The Labute approximate surface area is 229 Å². The highest BCUT2D eigenvalue weighted by Crippen LogP contribution is 2.37. The smallest absolute Gasteiger partial charge is 0.338 e. The van der Waals surface area contributed by atoms with Gasteiger partial charge in [-0.25, -0.2) is 9.79 Å². The largest absolute Gasteiger partial charge is 0.493 e. The maximum atomic E-state index is 13.7. The number of carbonyl (C=O) groups is 1. The number of hydrogen-bond donors (Lipinski definition) is 0. The first-order valence-corrected chi connectivity index (χ1v) is 13.6. The van der Waals surface area contributed by atoms with Crippen molar-refractivity contribution >= 4 is 55.2 Å². The highest BCUT2D eigenvalue weighted by molar-refractivity contribution is 9.10. The standard InChI is InChI=1S/C26H24Br2N2O5S/c1-5-34-23-18(28)11-15(12-19(23)33-4)13-20-24(31)30-22(16-7-9-17(27)10-8-16)21(25(32)35-6-2)14(3)29-26(30)36-20/h7-13,22H,5-6H2,1-4H3/b20-13-/t22-/m1/s1. The SMILES string of the molecule is CCOC(=O)C1=C(C)N=c2s/c(=C\c3cc(Br)c(OCC)c(OC)c3)c(=O)n2[C@@H]1c1ccc(Br)cc1. The van der Waals surface area contributed by atoms with Crippen LogP contribution in [0, 0.1) is 0 Å². The topological polar surface area (TPSA) is 79.1 Å². The van der Waals surface area contributed by atoms with Crippen molar-refractivity contribution in [1.29, 1.82) is 0 Å². The van der Waals surface area contributed by atoms with Gasteiger partial charge in [-0.15, -0.1) is 0 Å². The summed E-state index contributed by atoms with van der Waals surface area (Å²) in [7, 11) is 1.57. The number of fused-ring (bicyclic) bond motifs is 1. The van der Waals surface area contributed by atoms with Gasteiger partial charge in [-0.1, -0.05) is 39.4 Å². The molecule has 2 heterocycles. The Morgan fingerprint density at radius 2 is 1.89 bits per heavy atom. The van der Waals surface area contributed by atoms with Crippen molar-refractivity contribution in [2.24, 2.45) is 4.99 Å². The molecule has 0 N–H and O–H groups in total. The minimum absolute atomic E-state index is 0.224. The quantitative estimate of drug-likeness (QED) is 0.351. The van der Waals surface area contributed by atoms with Crippen LogP contribution >= 0.6 is 43.2 Å². The van der Waals surface area contributed by atoms with Crippen LogP contribution in [0.25, 0.3) is 6.08 Å². The van der Waals surface area contributed by atoms with Gasteiger partial charge in [0.15, 0.2) is 16.3 Å². The third-order valence-corrected chi connectivity index (χ3v) is 7.64. The summed E-state index contributed by atoms with van der Waals surface area (Å²) in [6.45, 7) is 6.13. The van der Waals surface area contributed by atoms with Gasteiger partial charge < -0.3 is 14.2 Å². The highest BCUT2D eigenvalue weighted by Gasteiger charge is 2.33. The zero-order chi connectivity index (χ0) is 26.0. The molecule has 0 fully saturated rings. The first-order valence-electron chi connectivity index (χ1n) is 11.2. The van der Waals surface area contributed by atoms with Crippen molar-refractivity contribution in [3.05, 3.63) is 87.4 Å². The molecule has 1 aromatic heterocycles. The predicted octanol–water partition coefficient (Wildman–Crippen LogP) is 4.73. The average Bonchev–Trinajstić information content (AvgIpc) is 3.14. The molecule has 0 amide bonds. The number of allylic oxidation sites excluding steroid dienone is 1. The van der Waals surface area contributed by atoms with Crippen molar-refractivity contribution in [3.63, 3.8) is 0 Å². The number of rotatable bonds is 7. The van der Waals surface area contributed by atoms with Gasteiger partial charge in [-0.05, 0) is 78.2 Å². The molecule has 36 heavy (non-hydrogen) atoms. The van der Waals surface area contributed by atoms with E-state index in [0.717, 1.165) is 20.1 Å². The normalized spacial score (nSPS) is 15.4. The fourth-order valence-corrected chi connectivity index (χ4v) is 5.90. The first-order chi connectivity index (χ1) is 17.3. The van der Waals surface area contributed by atoms with Crippen LogP contribution in [0.1, 0.15) is 37.9 Å². The van der Waals surface area contributed by atoms with Gasteiger partial charge in [0.1, 0.15) is 0 Å². The number of nitrogens with zero attached hydrogens (tertiary/aromatic N) is 2. The number of carbonyl (C=O) groups excluding carboxylic acids is 1. The zero-order valence-electron chi connectivity index (χ0n) is 20.1. The molecule has 1 atom stereocenters. The number of esters is 1. The second kappa shape index (κ2) is 11.1. The molecule has 4 rings (SSSR count). The van der Waals surface area contributed by atoms with Crippen LogP contribution in [0.4, 0.5) is 0 Å². The van der Waals surface area contributed by atoms with E-state index in [1.54, 1.807) is 31.6 Å². The van der Waals surface area contributed by atoms with Crippen LogP contribution in [-0.2, 0) is 9.53 Å². The molecule has 1 aliphatic rings. The zero-order valence-corrected chi connectivity index (χ0v) is 24.1. The van der Waals surface area contributed by atoms with Gasteiger partial charge in [0, 0.05) is 4.47 Å². The summed E-state index contributed by atoms with van der Waals surface area (Å²) in [5.41, 5.74) is 2.18. The number of hydrogen-bond acceptors (Lipinski definition) is 7. The van der Waals surface area contributed by atoms with Crippen LogP contribution < -0.4 is 24.4 Å². The van der Waals surface area contributed by atoms with Gasteiger partial charge >= 0.3 is 5.97 Å². The predicted molar refractivity (Wildman–Crippen MR) is 146 cm³/mol. The molecule has 0 saturated heterocycles. The van der Waals surface area contributed by atoms with Crippen LogP contribution in [0.3, 0.4) is 0 Å². The van der Waals surface area contributed by atoms with E-state index in [2.05, 4.69) is 36.9 Å². The van der Waals surface area contributed by atoms with Crippen LogP contribution in [0.15, 0.2) is 66.4 Å². The second-order valence-electron chi connectivity index (χ2n) is 7.82. The number of methoxy groups -OCH3 is 1. The maximum Gasteiger partial charge on any atom is 0.338 e. The number of halogens is 2. The van der Waals surface area contributed by atoms with Crippen LogP contribution in [-0.4, -0.2) is 30.9 Å². The van der Waals surface area contributed by atoms with Crippen molar-refractivity contribution < 1.29 is 19.0 Å².